The van der Waals surface area contributed by atoms with Crippen LogP contribution in [-0.2, 0) is 11.2 Å². The minimum absolute atomic E-state index is 0.159. The van der Waals surface area contributed by atoms with E-state index in [1.54, 1.807) is 12.4 Å². The zero-order valence-corrected chi connectivity index (χ0v) is 8.52. The SMILES string of the molecule is O=C(Cc1cncnc1)N1CCNCC1. The monoisotopic (exact) mass is 206 g/mol. The number of piperazine rings is 1. The van der Waals surface area contributed by atoms with Crippen molar-refractivity contribution in [3.05, 3.63) is 24.3 Å². The standard InChI is InChI=1S/C10H14N4O/c15-10(14-3-1-11-2-4-14)5-9-6-12-8-13-7-9/h6-8,11H,1-5H2. The highest BCUT2D eigenvalue weighted by Crippen LogP contribution is 2.01. The molecule has 0 aliphatic carbocycles. The second kappa shape index (κ2) is 4.84. The second-order valence-electron chi connectivity index (χ2n) is 3.55. The maximum atomic E-state index is 11.8. The molecular formula is C10H14N4O. The smallest absolute Gasteiger partial charge is 0.227 e. The summed E-state index contributed by atoms with van der Waals surface area (Å²) in [6, 6.07) is 0. The molecule has 5 heteroatoms. The van der Waals surface area contributed by atoms with Crippen LogP contribution < -0.4 is 5.32 Å². The van der Waals surface area contributed by atoms with Gasteiger partial charge in [0, 0.05) is 38.6 Å². The molecule has 1 aliphatic heterocycles. The molecule has 15 heavy (non-hydrogen) atoms. The highest BCUT2D eigenvalue weighted by molar-refractivity contribution is 5.78. The second-order valence-corrected chi connectivity index (χ2v) is 3.55. The van der Waals surface area contributed by atoms with Gasteiger partial charge in [-0.05, 0) is 5.56 Å². The summed E-state index contributed by atoms with van der Waals surface area (Å²) in [5.41, 5.74) is 0.876. The summed E-state index contributed by atoms with van der Waals surface area (Å²) >= 11 is 0. The molecule has 0 saturated carbocycles. The van der Waals surface area contributed by atoms with Crippen LogP contribution in [0.15, 0.2) is 18.7 Å². The molecule has 1 fully saturated rings. The summed E-state index contributed by atoms with van der Waals surface area (Å²) in [5.74, 6) is 0.159. The molecule has 5 nitrogen and oxygen atoms in total. The van der Waals surface area contributed by atoms with Crippen LogP contribution in [0.25, 0.3) is 0 Å². The van der Waals surface area contributed by atoms with Gasteiger partial charge in [0.1, 0.15) is 6.33 Å². The van der Waals surface area contributed by atoms with Gasteiger partial charge < -0.3 is 10.2 Å². The third kappa shape index (κ3) is 2.73. The third-order valence-electron chi connectivity index (χ3n) is 2.44. The van der Waals surface area contributed by atoms with Crippen LogP contribution in [0.1, 0.15) is 5.56 Å². The van der Waals surface area contributed by atoms with Crippen LogP contribution in [0.5, 0.6) is 0 Å². The van der Waals surface area contributed by atoms with Gasteiger partial charge in [-0.1, -0.05) is 0 Å². The Hall–Kier alpha value is -1.49. The summed E-state index contributed by atoms with van der Waals surface area (Å²) in [5, 5.41) is 3.21. The molecule has 2 rings (SSSR count). The normalized spacial score (nSPS) is 16.4. The molecule has 0 bridgehead atoms. The number of carbonyl (C=O) groups is 1. The Morgan fingerprint density at radius 1 is 1.33 bits per heavy atom. The average molecular weight is 206 g/mol. The fourth-order valence-electron chi connectivity index (χ4n) is 1.62. The van der Waals surface area contributed by atoms with Crippen LogP contribution in [0.4, 0.5) is 0 Å². The van der Waals surface area contributed by atoms with Gasteiger partial charge in [0.15, 0.2) is 0 Å². The molecule has 0 atom stereocenters. The van der Waals surface area contributed by atoms with Crippen molar-refractivity contribution in [1.29, 1.82) is 0 Å². The molecule has 0 aromatic carbocycles. The van der Waals surface area contributed by atoms with E-state index in [1.165, 1.54) is 6.33 Å². The van der Waals surface area contributed by atoms with Gasteiger partial charge in [-0.2, -0.15) is 0 Å². The Bertz CT molecular complexity index is 321. The van der Waals surface area contributed by atoms with Crippen LogP contribution in [0, 0.1) is 0 Å². The zero-order chi connectivity index (χ0) is 10.5. The molecule has 0 unspecified atom stereocenters. The quantitative estimate of drug-likeness (QED) is 0.705. The van der Waals surface area contributed by atoms with E-state index in [1.807, 2.05) is 4.90 Å². The molecule has 1 saturated heterocycles. The van der Waals surface area contributed by atoms with Crippen molar-refractivity contribution in [1.82, 2.24) is 20.2 Å². The van der Waals surface area contributed by atoms with Crippen molar-refractivity contribution in [2.75, 3.05) is 26.2 Å². The number of aromatic nitrogens is 2. The number of nitrogens with zero attached hydrogens (tertiary/aromatic N) is 3. The van der Waals surface area contributed by atoms with Crippen molar-refractivity contribution in [3.8, 4) is 0 Å². The molecule has 1 N–H and O–H groups in total. The van der Waals surface area contributed by atoms with Gasteiger partial charge in [0.05, 0.1) is 6.42 Å². The first-order valence-corrected chi connectivity index (χ1v) is 5.08. The first kappa shape index (κ1) is 10.0. The molecule has 1 amide bonds. The first-order chi connectivity index (χ1) is 7.36. The fraction of sp³-hybridized carbons (Fsp3) is 0.500. The van der Waals surface area contributed by atoms with Crippen molar-refractivity contribution in [3.63, 3.8) is 0 Å². The number of rotatable bonds is 2. The van der Waals surface area contributed by atoms with Crippen LogP contribution in [0.3, 0.4) is 0 Å². The summed E-state index contributed by atoms with van der Waals surface area (Å²) < 4.78 is 0. The van der Waals surface area contributed by atoms with E-state index in [2.05, 4.69) is 15.3 Å². The highest BCUT2D eigenvalue weighted by Gasteiger charge is 2.16. The first-order valence-electron chi connectivity index (χ1n) is 5.08. The van der Waals surface area contributed by atoms with Crippen molar-refractivity contribution in [2.45, 2.75) is 6.42 Å². The molecule has 2 heterocycles. The molecular weight excluding hydrogens is 192 g/mol. The molecule has 80 valence electrons. The van der Waals surface area contributed by atoms with Gasteiger partial charge in [-0.25, -0.2) is 9.97 Å². The Labute approximate surface area is 88.5 Å². The maximum Gasteiger partial charge on any atom is 0.227 e. The lowest BCUT2D eigenvalue weighted by Gasteiger charge is -2.27. The van der Waals surface area contributed by atoms with Crippen LogP contribution in [0.2, 0.25) is 0 Å². The Morgan fingerprint density at radius 3 is 2.67 bits per heavy atom. The Morgan fingerprint density at radius 2 is 2.00 bits per heavy atom. The van der Waals surface area contributed by atoms with Gasteiger partial charge in [0.25, 0.3) is 0 Å². The van der Waals surface area contributed by atoms with Gasteiger partial charge in [-0.3, -0.25) is 4.79 Å². The highest BCUT2D eigenvalue weighted by atomic mass is 16.2. The Balaban J connectivity index is 1.91. The van der Waals surface area contributed by atoms with E-state index >= 15 is 0 Å². The minimum Gasteiger partial charge on any atom is -0.340 e. The van der Waals surface area contributed by atoms with E-state index in [4.69, 9.17) is 0 Å². The summed E-state index contributed by atoms with van der Waals surface area (Å²) in [6.07, 6.45) is 5.25. The maximum absolute atomic E-state index is 11.8. The molecule has 0 spiro atoms. The lowest BCUT2D eigenvalue weighted by Crippen LogP contribution is -2.46. The largest absolute Gasteiger partial charge is 0.340 e. The fourth-order valence-corrected chi connectivity index (χ4v) is 1.62. The number of amides is 1. The molecule has 1 aromatic rings. The van der Waals surface area contributed by atoms with Crippen molar-refractivity contribution < 1.29 is 4.79 Å². The summed E-state index contributed by atoms with van der Waals surface area (Å²) in [7, 11) is 0. The van der Waals surface area contributed by atoms with Gasteiger partial charge >= 0.3 is 0 Å². The molecule has 1 aliphatic rings. The number of hydrogen-bond acceptors (Lipinski definition) is 4. The van der Waals surface area contributed by atoms with E-state index in [0.29, 0.717) is 6.42 Å². The van der Waals surface area contributed by atoms with E-state index < -0.39 is 0 Å². The lowest BCUT2D eigenvalue weighted by atomic mass is 10.2. The molecule has 0 radical (unpaired) electrons. The number of carbonyl (C=O) groups excluding carboxylic acids is 1. The lowest BCUT2D eigenvalue weighted by molar-refractivity contribution is -0.131. The summed E-state index contributed by atoms with van der Waals surface area (Å²) in [4.78, 5) is 21.5. The van der Waals surface area contributed by atoms with Crippen LogP contribution in [-0.4, -0.2) is 47.0 Å². The minimum atomic E-state index is 0.159. The topological polar surface area (TPSA) is 58.1 Å². The van der Waals surface area contributed by atoms with Crippen molar-refractivity contribution >= 4 is 5.91 Å². The third-order valence-corrected chi connectivity index (χ3v) is 2.44. The predicted octanol–water partition coefficient (Wildman–Crippen LogP) is -0.549. The zero-order valence-electron chi connectivity index (χ0n) is 8.52. The number of nitrogens with one attached hydrogen (secondary N) is 1. The van der Waals surface area contributed by atoms with Gasteiger partial charge in [-0.15, -0.1) is 0 Å². The van der Waals surface area contributed by atoms with E-state index in [-0.39, 0.29) is 5.91 Å². The van der Waals surface area contributed by atoms with Gasteiger partial charge in [0.2, 0.25) is 5.91 Å². The number of hydrogen-bond donors (Lipinski definition) is 1. The molecule has 1 aromatic heterocycles. The summed E-state index contributed by atoms with van der Waals surface area (Å²) in [6.45, 7) is 3.37. The Kier molecular flexibility index (Phi) is 3.24. The van der Waals surface area contributed by atoms with E-state index in [0.717, 1.165) is 31.7 Å². The van der Waals surface area contributed by atoms with E-state index in [9.17, 15) is 4.79 Å². The predicted molar refractivity (Wildman–Crippen MR) is 55.2 cm³/mol. The van der Waals surface area contributed by atoms with Crippen molar-refractivity contribution in [2.24, 2.45) is 0 Å². The van der Waals surface area contributed by atoms with Crippen LogP contribution >= 0.6 is 0 Å². The average Bonchev–Trinajstić information content (AvgIpc) is 2.31.